The molecule has 0 unspecified atom stereocenters. The summed E-state index contributed by atoms with van der Waals surface area (Å²) in [6.07, 6.45) is 4.10. The summed E-state index contributed by atoms with van der Waals surface area (Å²) in [6, 6.07) is 5.88. The van der Waals surface area contributed by atoms with Gasteiger partial charge in [-0.15, -0.1) is 0 Å². The van der Waals surface area contributed by atoms with E-state index in [1.807, 2.05) is 37.1 Å². The Balaban J connectivity index is 2.24. The molecule has 94 valence electrons. The average Bonchev–Trinajstić information content (AvgIpc) is 2.39. The molecular weight excluding hydrogens is 226 g/mol. The summed E-state index contributed by atoms with van der Waals surface area (Å²) in [4.78, 5) is 14.7. The SMILES string of the molecule is CCc1c(N)ncnc1N(C)Cc1ccccn1. The highest BCUT2D eigenvalue weighted by molar-refractivity contribution is 5.56. The highest BCUT2D eigenvalue weighted by atomic mass is 15.2. The number of hydrogen-bond donors (Lipinski definition) is 1. The number of nitrogens with two attached hydrogens (primary N) is 1. The first kappa shape index (κ1) is 12.3. The molecule has 2 aromatic rings. The molecule has 2 N–H and O–H groups in total. The Morgan fingerprint density at radius 3 is 2.72 bits per heavy atom. The van der Waals surface area contributed by atoms with E-state index >= 15 is 0 Å². The largest absolute Gasteiger partial charge is 0.383 e. The molecule has 0 fully saturated rings. The summed E-state index contributed by atoms with van der Waals surface area (Å²) < 4.78 is 0. The zero-order valence-corrected chi connectivity index (χ0v) is 10.7. The fraction of sp³-hybridized carbons (Fsp3) is 0.308. The van der Waals surface area contributed by atoms with Crippen molar-refractivity contribution in [2.24, 2.45) is 0 Å². The highest BCUT2D eigenvalue weighted by Gasteiger charge is 2.12. The molecule has 2 rings (SSSR count). The molecule has 0 atom stereocenters. The molecule has 0 aliphatic carbocycles. The Hall–Kier alpha value is -2.17. The van der Waals surface area contributed by atoms with E-state index in [1.54, 1.807) is 6.20 Å². The van der Waals surface area contributed by atoms with E-state index in [2.05, 4.69) is 15.0 Å². The number of nitrogen functional groups attached to an aromatic ring is 1. The molecule has 0 aliphatic heterocycles. The van der Waals surface area contributed by atoms with Crippen LogP contribution in [-0.4, -0.2) is 22.0 Å². The van der Waals surface area contributed by atoms with E-state index in [1.165, 1.54) is 6.33 Å². The number of nitrogens with zero attached hydrogens (tertiary/aromatic N) is 4. The predicted octanol–water partition coefficient (Wildman–Crippen LogP) is 1.65. The van der Waals surface area contributed by atoms with Crippen LogP contribution in [0.3, 0.4) is 0 Å². The first-order chi connectivity index (χ1) is 8.72. The third kappa shape index (κ3) is 2.56. The van der Waals surface area contributed by atoms with Crippen LogP contribution in [0, 0.1) is 0 Å². The molecule has 0 aliphatic rings. The average molecular weight is 243 g/mol. The Labute approximate surface area is 107 Å². The van der Waals surface area contributed by atoms with Crippen molar-refractivity contribution in [2.75, 3.05) is 17.7 Å². The van der Waals surface area contributed by atoms with E-state index in [9.17, 15) is 0 Å². The van der Waals surface area contributed by atoms with E-state index in [0.29, 0.717) is 12.4 Å². The van der Waals surface area contributed by atoms with Gasteiger partial charge in [0, 0.05) is 18.8 Å². The molecule has 2 aromatic heterocycles. The molecule has 0 aromatic carbocycles. The maximum Gasteiger partial charge on any atom is 0.137 e. The second-order valence-electron chi connectivity index (χ2n) is 4.09. The normalized spacial score (nSPS) is 10.3. The van der Waals surface area contributed by atoms with Crippen molar-refractivity contribution in [3.05, 3.63) is 42.0 Å². The molecule has 0 bridgehead atoms. The number of pyridine rings is 1. The van der Waals surface area contributed by atoms with Gasteiger partial charge in [0.2, 0.25) is 0 Å². The lowest BCUT2D eigenvalue weighted by atomic mass is 10.2. The Bertz CT molecular complexity index is 512. The molecule has 5 nitrogen and oxygen atoms in total. The van der Waals surface area contributed by atoms with Crippen LogP contribution < -0.4 is 10.6 Å². The fourth-order valence-electron chi connectivity index (χ4n) is 1.89. The van der Waals surface area contributed by atoms with Crippen LogP contribution in [-0.2, 0) is 13.0 Å². The zero-order chi connectivity index (χ0) is 13.0. The number of hydrogen-bond acceptors (Lipinski definition) is 5. The third-order valence-electron chi connectivity index (χ3n) is 2.80. The summed E-state index contributed by atoms with van der Waals surface area (Å²) >= 11 is 0. The molecule has 2 heterocycles. The molecule has 0 amide bonds. The summed E-state index contributed by atoms with van der Waals surface area (Å²) in [5.74, 6) is 1.42. The molecule has 0 radical (unpaired) electrons. The van der Waals surface area contributed by atoms with E-state index in [0.717, 1.165) is 23.5 Å². The van der Waals surface area contributed by atoms with Crippen molar-refractivity contribution in [1.29, 1.82) is 0 Å². The molecule has 18 heavy (non-hydrogen) atoms. The molecule has 0 saturated carbocycles. The third-order valence-corrected chi connectivity index (χ3v) is 2.80. The first-order valence-corrected chi connectivity index (χ1v) is 5.92. The molecule has 0 saturated heterocycles. The lowest BCUT2D eigenvalue weighted by Gasteiger charge is -2.20. The van der Waals surface area contributed by atoms with Crippen molar-refractivity contribution in [3.63, 3.8) is 0 Å². The standard InChI is InChI=1S/C13H17N5/c1-3-11-12(14)16-9-17-13(11)18(2)8-10-6-4-5-7-15-10/h4-7,9H,3,8H2,1-2H3,(H2,14,16,17). The topological polar surface area (TPSA) is 67.9 Å². The van der Waals surface area contributed by atoms with Crippen molar-refractivity contribution < 1.29 is 0 Å². The van der Waals surface area contributed by atoms with Crippen LogP contribution in [0.4, 0.5) is 11.6 Å². The van der Waals surface area contributed by atoms with Gasteiger partial charge < -0.3 is 10.6 Å². The van der Waals surface area contributed by atoms with Gasteiger partial charge in [0.15, 0.2) is 0 Å². The molecule has 0 spiro atoms. The van der Waals surface area contributed by atoms with Gasteiger partial charge in [-0.1, -0.05) is 13.0 Å². The minimum Gasteiger partial charge on any atom is -0.383 e. The van der Waals surface area contributed by atoms with Gasteiger partial charge in [-0.3, -0.25) is 4.98 Å². The van der Waals surface area contributed by atoms with Crippen LogP contribution in [0.5, 0.6) is 0 Å². The minimum absolute atomic E-state index is 0.551. The summed E-state index contributed by atoms with van der Waals surface area (Å²) in [6.45, 7) is 2.75. The maximum atomic E-state index is 5.87. The Morgan fingerprint density at radius 1 is 1.22 bits per heavy atom. The monoisotopic (exact) mass is 243 g/mol. The second kappa shape index (κ2) is 5.44. The van der Waals surface area contributed by atoms with Crippen LogP contribution in [0.1, 0.15) is 18.2 Å². The van der Waals surface area contributed by atoms with Crippen LogP contribution in [0.2, 0.25) is 0 Å². The summed E-state index contributed by atoms with van der Waals surface area (Å²) in [7, 11) is 1.98. The molecular formula is C13H17N5. The van der Waals surface area contributed by atoms with Crippen LogP contribution >= 0.6 is 0 Å². The Morgan fingerprint density at radius 2 is 2.06 bits per heavy atom. The summed E-state index contributed by atoms with van der Waals surface area (Å²) in [5.41, 5.74) is 7.85. The smallest absolute Gasteiger partial charge is 0.137 e. The lowest BCUT2D eigenvalue weighted by Crippen LogP contribution is -2.21. The van der Waals surface area contributed by atoms with Gasteiger partial charge in [-0.05, 0) is 18.6 Å². The fourth-order valence-corrected chi connectivity index (χ4v) is 1.89. The quantitative estimate of drug-likeness (QED) is 0.884. The van der Waals surface area contributed by atoms with Crippen molar-refractivity contribution in [3.8, 4) is 0 Å². The van der Waals surface area contributed by atoms with Gasteiger partial charge in [-0.2, -0.15) is 0 Å². The minimum atomic E-state index is 0.551. The molecule has 5 heteroatoms. The van der Waals surface area contributed by atoms with Crippen molar-refractivity contribution in [1.82, 2.24) is 15.0 Å². The number of aromatic nitrogens is 3. The van der Waals surface area contributed by atoms with Crippen molar-refractivity contribution in [2.45, 2.75) is 19.9 Å². The van der Waals surface area contributed by atoms with Crippen LogP contribution in [0.15, 0.2) is 30.7 Å². The van der Waals surface area contributed by atoms with Gasteiger partial charge >= 0.3 is 0 Å². The summed E-state index contributed by atoms with van der Waals surface area (Å²) in [5, 5.41) is 0. The second-order valence-corrected chi connectivity index (χ2v) is 4.09. The number of anilines is 2. The van der Waals surface area contributed by atoms with Gasteiger partial charge in [0.05, 0.1) is 12.2 Å². The number of rotatable bonds is 4. The maximum absolute atomic E-state index is 5.87. The van der Waals surface area contributed by atoms with Crippen molar-refractivity contribution >= 4 is 11.6 Å². The van der Waals surface area contributed by atoms with Gasteiger partial charge in [0.1, 0.15) is 18.0 Å². The van der Waals surface area contributed by atoms with E-state index in [-0.39, 0.29) is 0 Å². The predicted molar refractivity (Wildman–Crippen MR) is 72.2 cm³/mol. The van der Waals surface area contributed by atoms with E-state index in [4.69, 9.17) is 5.73 Å². The lowest BCUT2D eigenvalue weighted by molar-refractivity contribution is 0.847. The van der Waals surface area contributed by atoms with Gasteiger partial charge in [-0.25, -0.2) is 9.97 Å². The Kier molecular flexibility index (Phi) is 3.72. The zero-order valence-electron chi connectivity index (χ0n) is 10.7. The van der Waals surface area contributed by atoms with Gasteiger partial charge in [0.25, 0.3) is 0 Å². The highest BCUT2D eigenvalue weighted by Crippen LogP contribution is 2.21. The van der Waals surface area contributed by atoms with E-state index < -0.39 is 0 Å². The van der Waals surface area contributed by atoms with Crippen LogP contribution in [0.25, 0.3) is 0 Å². The first-order valence-electron chi connectivity index (χ1n) is 5.92.